The maximum Gasteiger partial charge on any atom is 0.135 e. The summed E-state index contributed by atoms with van der Waals surface area (Å²) in [5.74, 6) is 3.86. The summed E-state index contributed by atoms with van der Waals surface area (Å²) in [7, 11) is 0. The summed E-state index contributed by atoms with van der Waals surface area (Å²) in [5.41, 5.74) is 1.95. The number of likely N-dealkylation sites (tertiary alicyclic amines) is 1. The SMILES string of the molecule is Cc1cccc(Nc2cc(C)nc([C@H]3CCCN(Cc4ncc[nH]4)C3)n2)n1. The molecular formula is C20H25N7. The maximum absolute atomic E-state index is 4.80. The molecule has 7 nitrogen and oxygen atoms in total. The lowest BCUT2D eigenvalue weighted by atomic mass is 9.97. The Bertz CT molecular complexity index is 891. The summed E-state index contributed by atoms with van der Waals surface area (Å²) in [5, 5.41) is 3.32. The third-order valence-corrected chi connectivity index (χ3v) is 4.81. The second-order valence-corrected chi connectivity index (χ2v) is 7.15. The van der Waals surface area contributed by atoms with E-state index in [0.717, 1.165) is 67.1 Å². The van der Waals surface area contributed by atoms with Crippen LogP contribution in [0.15, 0.2) is 36.7 Å². The second-order valence-electron chi connectivity index (χ2n) is 7.15. The summed E-state index contributed by atoms with van der Waals surface area (Å²) in [4.78, 5) is 24.0. The average Bonchev–Trinajstić information content (AvgIpc) is 3.14. The van der Waals surface area contributed by atoms with Crippen LogP contribution in [0, 0.1) is 13.8 Å². The maximum atomic E-state index is 4.80. The smallest absolute Gasteiger partial charge is 0.135 e. The highest BCUT2D eigenvalue weighted by Crippen LogP contribution is 2.27. The van der Waals surface area contributed by atoms with Crippen molar-refractivity contribution in [1.29, 1.82) is 0 Å². The van der Waals surface area contributed by atoms with Gasteiger partial charge in [-0.1, -0.05) is 6.07 Å². The van der Waals surface area contributed by atoms with Gasteiger partial charge in [0.25, 0.3) is 0 Å². The van der Waals surface area contributed by atoms with Gasteiger partial charge in [0, 0.05) is 42.3 Å². The molecule has 3 aromatic rings. The van der Waals surface area contributed by atoms with Crippen LogP contribution in [-0.4, -0.2) is 42.9 Å². The lowest BCUT2D eigenvalue weighted by molar-refractivity contribution is 0.192. The first-order valence-electron chi connectivity index (χ1n) is 9.42. The van der Waals surface area contributed by atoms with E-state index >= 15 is 0 Å². The van der Waals surface area contributed by atoms with Crippen molar-refractivity contribution in [1.82, 2.24) is 29.8 Å². The number of nitrogens with one attached hydrogen (secondary N) is 2. The molecule has 0 amide bonds. The zero-order chi connectivity index (χ0) is 18.6. The topological polar surface area (TPSA) is 82.6 Å². The van der Waals surface area contributed by atoms with Gasteiger partial charge in [0.2, 0.25) is 0 Å². The zero-order valence-electron chi connectivity index (χ0n) is 15.8. The van der Waals surface area contributed by atoms with Crippen LogP contribution in [0.3, 0.4) is 0 Å². The molecule has 0 spiro atoms. The van der Waals surface area contributed by atoms with Gasteiger partial charge >= 0.3 is 0 Å². The first-order chi connectivity index (χ1) is 13.2. The van der Waals surface area contributed by atoms with Gasteiger partial charge in [-0.05, 0) is 45.4 Å². The van der Waals surface area contributed by atoms with Gasteiger partial charge in [-0.3, -0.25) is 4.90 Å². The van der Waals surface area contributed by atoms with Gasteiger partial charge < -0.3 is 10.3 Å². The number of aromatic amines is 1. The van der Waals surface area contributed by atoms with Gasteiger partial charge in [-0.25, -0.2) is 19.9 Å². The fourth-order valence-electron chi connectivity index (χ4n) is 3.59. The van der Waals surface area contributed by atoms with Crippen molar-refractivity contribution in [2.75, 3.05) is 18.4 Å². The largest absolute Gasteiger partial charge is 0.348 e. The van der Waals surface area contributed by atoms with Crippen molar-refractivity contribution in [3.63, 3.8) is 0 Å². The first-order valence-corrected chi connectivity index (χ1v) is 9.42. The molecule has 4 heterocycles. The number of rotatable bonds is 5. The standard InChI is InChI=1S/C20H25N7/c1-14-5-3-7-17(23-14)25-18-11-15(2)24-20(26-18)16-6-4-10-27(12-16)13-19-21-8-9-22-19/h3,5,7-9,11,16H,4,6,10,12-13H2,1-2H3,(H,21,22)(H,23,24,25,26)/t16-/m0/s1. The van der Waals surface area contributed by atoms with E-state index in [-0.39, 0.29) is 0 Å². The van der Waals surface area contributed by atoms with E-state index in [9.17, 15) is 0 Å². The number of aromatic nitrogens is 5. The average molecular weight is 363 g/mol. The van der Waals surface area contributed by atoms with Crippen LogP contribution >= 0.6 is 0 Å². The molecule has 0 aliphatic carbocycles. The summed E-state index contributed by atoms with van der Waals surface area (Å²) < 4.78 is 0. The molecule has 0 unspecified atom stereocenters. The molecule has 2 N–H and O–H groups in total. The van der Waals surface area contributed by atoms with Crippen LogP contribution in [0.2, 0.25) is 0 Å². The number of pyridine rings is 1. The Balaban J connectivity index is 1.50. The highest BCUT2D eigenvalue weighted by molar-refractivity contribution is 5.52. The molecule has 0 saturated carbocycles. The number of imidazole rings is 1. The Hall–Kier alpha value is -2.80. The van der Waals surface area contributed by atoms with Gasteiger partial charge in [0.05, 0.1) is 6.54 Å². The molecule has 0 bridgehead atoms. The quantitative estimate of drug-likeness (QED) is 0.723. The normalized spacial score (nSPS) is 17.8. The summed E-state index contributed by atoms with van der Waals surface area (Å²) in [6.45, 7) is 6.88. The molecule has 3 aromatic heterocycles. The van der Waals surface area contributed by atoms with E-state index in [4.69, 9.17) is 9.97 Å². The van der Waals surface area contributed by atoms with Crippen LogP contribution in [0.25, 0.3) is 0 Å². The minimum atomic E-state index is 0.333. The molecular weight excluding hydrogens is 338 g/mol. The molecule has 4 rings (SSSR count). The molecule has 1 aliphatic heterocycles. The molecule has 1 saturated heterocycles. The van der Waals surface area contributed by atoms with Crippen molar-refractivity contribution in [2.24, 2.45) is 0 Å². The highest BCUT2D eigenvalue weighted by atomic mass is 15.2. The molecule has 140 valence electrons. The van der Waals surface area contributed by atoms with Crippen molar-refractivity contribution >= 4 is 11.6 Å². The van der Waals surface area contributed by atoms with Gasteiger partial charge in [0.15, 0.2) is 0 Å². The number of hydrogen-bond acceptors (Lipinski definition) is 6. The predicted molar refractivity (Wildman–Crippen MR) is 105 cm³/mol. The fraction of sp³-hybridized carbons (Fsp3) is 0.400. The van der Waals surface area contributed by atoms with Crippen LogP contribution in [-0.2, 0) is 6.54 Å². The van der Waals surface area contributed by atoms with E-state index in [1.807, 2.05) is 44.3 Å². The number of hydrogen-bond donors (Lipinski definition) is 2. The predicted octanol–water partition coefficient (Wildman–Crippen LogP) is 3.33. The van der Waals surface area contributed by atoms with E-state index < -0.39 is 0 Å². The molecule has 1 fully saturated rings. The minimum Gasteiger partial charge on any atom is -0.348 e. The monoisotopic (exact) mass is 363 g/mol. The Morgan fingerprint density at radius 3 is 2.89 bits per heavy atom. The fourth-order valence-corrected chi connectivity index (χ4v) is 3.59. The Morgan fingerprint density at radius 2 is 2.07 bits per heavy atom. The van der Waals surface area contributed by atoms with E-state index in [1.165, 1.54) is 0 Å². The molecule has 1 atom stereocenters. The lowest BCUT2D eigenvalue weighted by Crippen LogP contribution is -2.35. The lowest BCUT2D eigenvalue weighted by Gasteiger charge is -2.31. The van der Waals surface area contributed by atoms with Crippen LogP contribution in [0.5, 0.6) is 0 Å². The van der Waals surface area contributed by atoms with E-state index in [0.29, 0.717) is 5.92 Å². The van der Waals surface area contributed by atoms with Crippen LogP contribution in [0.4, 0.5) is 11.6 Å². The van der Waals surface area contributed by atoms with Crippen molar-refractivity contribution < 1.29 is 0 Å². The number of H-pyrrole nitrogens is 1. The van der Waals surface area contributed by atoms with Crippen molar-refractivity contribution in [3.05, 3.63) is 59.7 Å². The van der Waals surface area contributed by atoms with Crippen LogP contribution < -0.4 is 5.32 Å². The summed E-state index contributed by atoms with van der Waals surface area (Å²) in [6.07, 6.45) is 5.93. The van der Waals surface area contributed by atoms with Gasteiger partial charge in [0.1, 0.15) is 23.3 Å². The third-order valence-electron chi connectivity index (χ3n) is 4.81. The van der Waals surface area contributed by atoms with E-state index in [2.05, 4.69) is 25.2 Å². The van der Waals surface area contributed by atoms with Crippen LogP contribution in [0.1, 0.15) is 41.8 Å². The minimum absolute atomic E-state index is 0.333. The molecule has 0 aromatic carbocycles. The number of piperidine rings is 1. The number of aryl methyl sites for hydroxylation is 2. The van der Waals surface area contributed by atoms with Crippen molar-refractivity contribution in [3.8, 4) is 0 Å². The Kier molecular flexibility index (Phi) is 5.11. The Morgan fingerprint density at radius 1 is 1.15 bits per heavy atom. The number of anilines is 2. The zero-order valence-corrected chi connectivity index (χ0v) is 15.8. The van der Waals surface area contributed by atoms with Gasteiger partial charge in [-0.15, -0.1) is 0 Å². The molecule has 27 heavy (non-hydrogen) atoms. The van der Waals surface area contributed by atoms with Gasteiger partial charge in [-0.2, -0.15) is 0 Å². The summed E-state index contributed by atoms with van der Waals surface area (Å²) >= 11 is 0. The van der Waals surface area contributed by atoms with E-state index in [1.54, 1.807) is 6.20 Å². The molecule has 1 aliphatic rings. The third kappa shape index (κ3) is 4.49. The molecule has 7 heteroatoms. The second kappa shape index (κ2) is 7.84. The highest BCUT2D eigenvalue weighted by Gasteiger charge is 2.24. The Labute approximate surface area is 159 Å². The molecule has 0 radical (unpaired) electrons. The first kappa shape index (κ1) is 17.6. The summed E-state index contributed by atoms with van der Waals surface area (Å²) in [6, 6.07) is 7.90. The number of nitrogens with zero attached hydrogens (tertiary/aromatic N) is 5. The van der Waals surface area contributed by atoms with Crippen molar-refractivity contribution in [2.45, 2.75) is 39.2 Å².